The van der Waals surface area contributed by atoms with E-state index in [-0.39, 0.29) is 11.7 Å². The van der Waals surface area contributed by atoms with Crippen LogP contribution >= 0.6 is 0 Å². The van der Waals surface area contributed by atoms with Gasteiger partial charge in [-0.3, -0.25) is 9.78 Å². The van der Waals surface area contributed by atoms with Gasteiger partial charge in [0.05, 0.1) is 12.0 Å². The smallest absolute Gasteiger partial charge is 0.142 e. The zero-order chi connectivity index (χ0) is 16.5. The fourth-order valence-electron chi connectivity index (χ4n) is 3.55. The molecule has 120 valence electrons. The fourth-order valence-corrected chi connectivity index (χ4v) is 3.55. The van der Waals surface area contributed by atoms with Gasteiger partial charge in [-0.25, -0.2) is 4.98 Å². The minimum atomic E-state index is -0.200. The van der Waals surface area contributed by atoms with Crippen molar-refractivity contribution >= 4 is 27.6 Å². The van der Waals surface area contributed by atoms with E-state index in [2.05, 4.69) is 25.9 Å². The van der Waals surface area contributed by atoms with Crippen molar-refractivity contribution in [1.82, 2.24) is 19.9 Å². The van der Waals surface area contributed by atoms with Gasteiger partial charge in [0.1, 0.15) is 11.4 Å². The topological polar surface area (TPSA) is 85.7 Å². The van der Waals surface area contributed by atoms with E-state index >= 15 is 0 Å². The molecule has 1 aliphatic heterocycles. The number of H-pyrrole nitrogens is 1. The van der Waals surface area contributed by atoms with Gasteiger partial charge in [-0.2, -0.15) is 5.26 Å². The Morgan fingerprint density at radius 3 is 3.17 bits per heavy atom. The van der Waals surface area contributed by atoms with Crippen LogP contribution < -0.4 is 0 Å². The first-order valence-electron chi connectivity index (χ1n) is 8.09. The Labute approximate surface area is 139 Å². The van der Waals surface area contributed by atoms with Crippen LogP contribution in [0.25, 0.3) is 21.8 Å². The summed E-state index contributed by atoms with van der Waals surface area (Å²) in [7, 11) is 0. The lowest BCUT2D eigenvalue weighted by Crippen LogP contribution is -2.40. The molecule has 4 heterocycles. The first kappa shape index (κ1) is 14.8. The zero-order valence-corrected chi connectivity index (χ0v) is 13.2. The van der Waals surface area contributed by atoms with Crippen LogP contribution in [0.3, 0.4) is 0 Å². The maximum atomic E-state index is 12.6. The summed E-state index contributed by atoms with van der Waals surface area (Å²) in [6, 6.07) is 4.17. The van der Waals surface area contributed by atoms with Gasteiger partial charge < -0.3 is 9.88 Å². The lowest BCUT2D eigenvalue weighted by Gasteiger charge is -2.31. The Balaban J connectivity index is 1.81. The van der Waals surface area contributed by atoms with Gasteiger partial charge in [-0.1, -0.05) is 0 Å². The average molecular weight is 319 g/mol. The second kappa shape index (κ2) is 6.02. The molecular formula is C18H17N5O. The Hall–Kier alpha value is -2.78. The molecule has 1 atom stereocenters. The van der Waals surface area contributed by atoms with E-state index in [0.717, 1.165) is 33.9 Å². The molecule has 0 aliphatic carbocycles. The van der Waals surface area contributed by atoms with Gasteiger partial charge in [0, 0.05) is 73.4 Å². The average Bonchev–Trinajstić information content (AvgIpc) is 3.09. The van der Waals surface area contributed by atoms with Crippen molar-refractivity contribution in [3.05, 3.63) is 36.4 Å². The van der Waals surface area contributed by atoms with Crippen LogP contribution in [0.1, 0.15) is 24.3 Å². The minimum Gasteiger partial charge on any atom is -0.346 e. The predicted octanol–water partition coefficient (Wildman–Crippen LogP) is 2.38. The number of nitriles is 1. The molecule has 6 heteroatoms. The number of piperidine rings is 1. The molecule has 0 aromatic carbocycles. The molecule has 1 aliphatic rings. The maximum absolute atomic E-state index is 12.6. The largest absolute Gasteiger partial charge is 0.346 e. The first-order valence-corrected chi connectivity index (χ1v) is 8.09. The van der Waals surface area contributed by atoms with Crippen LogP contribution in [0.15, 0.2) is 30.9 Å². The standard InChI is InChI=1S/C18H17N5O/c19-4-1-6-23-7-3-16(24)15(11-23)14-10-20-8-12-9-22-18-13(17(12)14)2-5-21-18/h2,5,8-10,15H,1,3,6-7,11H2,(H,21,22). The summed E-state index contributed by atoms with van der Waals surface area (Å²) < 4.78 is 0. The highest BCUT2D eigenvalue weighted by atomic mass is 16.1. The lowest BCUT2D eigenvalue weighted by atomic mass is 9.87. The van der Waals surface area contributed by atoms with Crippen LogP contribution in [-0.2, 0) is 4.79 Å². The molecule has 6 nitrogen and oxygen atoms in total. The number of nitrogens with zero attached hydrogens (tertiary/aromatic N) is 4. The summed E-state index contributed by atoms with van der Waals surface area (Å²) in [4.78, 5) is 26.6. The van der Waals surface area contributed by atoms with E-state index in [1.807, 2.05) is 18.5 Å². The molecule has 0 radical (unpaired) electrons. The SMILES string of the molecule is N#CCCN1CCC(=O)C(c2cncc3cnc4[nH]ccc4c23)C1. The quantitative estimate of drug-likeness (QED) is 0.801. The van der Waals surface area contributed by atoms with Crippen LogP contribution in [0, 0.1) is 11.3 Å². The Morgan fingerprint density at radius 1 is 1.38 bits per heavy atom. The normalized spacial score (nSPS) is 19.0. The van der Waals surface area contributed by atoms with Crippen LogP contribution in [0.2, 0.25) is 0 Å². The number of aromatic amines is 1. The summed E-state index contributed by atoms with van der Waals surface area (Å²) >= 11 is 0. The molecule has 0 spiro atoms. The molecule has 0 amide bonds. The van der Waals surface area contributed by atoms with Crippen molar-refractivity contribution in [3.63, 3.8) is 0 Å². The summed E-state index contributed by atoms with van der Waals surface area (Å²) in [5.74, 6) is 0.0483. The molecule has 4 rings (SSSR count). The third kappa shape index (κ3) is 2.43. The van der Waals surface area contributed by atoms with Crippen molar-refractivity contribution in [2.24, 2.45) is 0 Å². The van der Waals surface area contributed by atoms with E-state index in [1.165, 1.54) is 0 Å². The number of ketones is 1. The number of pyridine rings is 2. The lowest BCUT2D eigenvalue weighted by molar-refractivity contribution is -0.123. The predicted molar refractivity (Wildman–Crippen MR) is 90.4 cm³/mol. The number of aromatic nitrogens is 3. The molecule has 1 saturated heterocycles. The van der Waals surface area contributed by atoms with E-state index in [1.54, 1.807) is 12.4 Å². The van der Waals surface area contributed by atoms with Crippen molar-refractivity contribution in [3.8, 4) is 6.07 Å². The molecule has 3 aromatic rings. The third-order valence-corrected chi connectivity index (χ3v) is 4.75. The number of carbonyl (C=O) groups excluding carboxylic acids is 1. The van der Waals surface area contributed by atoms with Crippen LogP contribution in [0.4, 0.5) is 0 Å². The second-order valence-corrected chi connectivity index (χ2v) is 6.17. The third-order valence-electron chi connectivity index (χ3n) is 4.75. The van der Waals surface area contributed by atoms with E-state index < -0.39 is 0 Å². The van der Waals surface area contributed by atoms with Crippen molar-refractivity contribution in [2.75, 3.05) is 19.6 Å². The van der Waals surface area contributed by atoms with Crippen LogP contribution in [0.5, 0.6) is 0 Å². The van der Waals surface area contributed by atoms with E-state index in [9.17, 15) is 4.79 Å². The molecule has 0 saturated carbocycles. The van der Waals surface area contributed by atoms with E-state index in [0.29, 0.717) is 25.9 Å². The molecule has 1 fully saturated rings. The number of nitrogens with one attached hydrogen (secondary N) is 1. The summed E-state index contributed by atoms with van der Waals surface area (Å²) in [5.41, 5.74) is 1.78. The second-order valence-electron chi connectivity index (χ2n) is 6.17. The molecule has 3 aromatic heterocycles. The van der Waals surface area contributed by atoms with Crippen LogP contribution in [-0.4, -0.2) is 45.3 Å². The van der Waals surface area contributed by atoms with Gasteiger partial charge in [0.25, 0.3) is 0 Å². The summed E-state index contributed by atoms with van der Waals surface area (Å²) in [6.45, 7) is 2.09. The number of likely N-dealkylation sites (tertiary alicyclic amines) is 1. The van der Waals surface area contributed by atoms with Gasteiger partial charge in [-0.05, 0) is 11.6 Å². The van der Waals surface area contributed by atoms with E-state index in [4.69, 9.17) is 5.26 Å². The maximum Gasteiger partial charge on any atom is 0.142 e. The molecule has 1 unspecified atom stereocenters. The van der Waals surface area contributed by atoms with Gasteiger partial charge in [0.2, 0.25) is 0 Å². The monoisotopic (exact) mass is 319 g/mol. The van der Waals surface area contributed by atoms with Gasteiger partial charge in [-0.15, -0.1) is 0 Å². The van der Waals surface area contributed by atoms with Gasteiger partial charge >= 0.3 is 0 Å². The van der Waals surface area contributed by atoms with Gasteiger partial charge in [0.15, 0.2) is 0 Å². The molecular weight excluding hydrogens is 302 g/mol. The van der Waals surface area contributed by atoms with Crippen molar-refractivity contribution in [1.29, 1.82) is 5.26 Å². The fraction of sp³-hybridized carbons (Fsp3) is 0.333. The number of hydrogen-bond acceptors (Lipinski definition) is 5. The molecule has 0 bridgehead atoms. The zero-order valence-electron chi connectivity index (χ0n) is 13.2. The molecule has 24 heavy (non-hydrogen) atoms. The number of Topliss-reactive ketones (excluding diaryl/α,β-unsaturated/α-hetero) is 1. The highest BCUT2D eigenvalue weighted by Gasteiger charge is 2.30. The number of fused-ring (bicyclic) bond motifs is 3. The summed E-state index contributed by atoms with van der Waals surface area (Å²) in [6.07, 6.45) is 8.27. The summed E-state index contributed by atoms with van der Waals surface area (Å²) in [5, 5.41) is 11.8. The highest BCUT2D eigenvalue weighted by molar-refractivity contribution is 6.08. The Morgan fingerprint density at radius 2 is 2.29 bits per heavy atom. The van der Waals surface area contributed by atoms with Crippen molar-refractivity contribution < 1.29 is 4.79 Å². The Kier molecular flexibility index (Phi) is 3.71. The first-order chi connectivity index (χ1) is 11.8. The minimum absolute atomic E-state index is 0.200. The number of carbonyl (C=O) groups is 1. The highest BCUT2D eigenvalue weighted by Crippen LogP contribution is 2.33. The molecule has 1 N–H and O–H groups in total. The number of hydrogen-bond donors (Lipinski definition) is 1. The Bertz CT molecular complexity index is 955. The van der Waals surface area contributed by atoms with Crippen molar-refractivity contribution in [2.45, 2.75) is 18.8 Å². The number of rotatable bonds is 3.